The molecule has 1 aromatic heterocycles. The number of nitrogens with two attached hydrogens (primary N) is 1. The number of benzene rings is 1. The molecule has 1 heterocycles. The molecular formula is C13H13N3OS. The predicted octanol–water partition coefficient (Wildman–Crippen LogP) is 2.24. The molecule has 1 aliphatic carbocycles. The molecule has 0 saturated heterocycles. The average Bonchev–Trinajstić information content (AvgIpc) is 2.94. The zero-order valence-corrected chi connectivity index (χ0v) is 10.5. The van der Waals surface area contributed by atoms with Crippen molar-refractivity contribution in [2.24, 2.45) is 5.73 Å². The summed E-state index contributed by atoms with van der Waals surface area (Å²) in [6.45, 7) is 0. The van der Waals surface area contributed by atoms with E-state index >= 15 is 0 Å². The van der Waals surface area contributed by atoms with Crippen LogP contribution >= 0.6 is 11.3 Å². The highest BCUT2D eigenvalue weighted by Gasteiger charge is 2.45. The van der Waals surface area contributed by atoms with Crippen molar-refractivity contribution in [2.45, 2.75) is 18.4 Å². The number of nitrogens with zero attached hydrogens (tertiary/aromatic N) is 1. The Hall–Kier alpha value is -1.72. The molecule has 2 aromatic rings. The van der Waals surface area contributed by atoms with E-state index in [0.29, 0.717) is 0 Å². The summed E-state index contributed by atoms with van der Waals surface area (Å²) in [5.41, 5.74) is 7.02. The highest BCUT2D eigenvalue weighted by molar-refractivity contribution is 7.13. The van der Waals surface area contributed by atoms with Gasteiger partial charge in [0.25, 0.3) is 0 Å². The maximum atomic E-state index is 11.8. The lowest BCUT2D eigenvalue weighted by molar-refractivity contribution is -0.118. The van der Waals surface area contributed by atoms with Gasteiger partial charge in [-0.15, -0.1) is 11.3 Å². The quantitative estimate of drug-likeness (QED) is 0.888. The molecule has 0 unspecified atom stereocenters. The highest BCUT2D eigenvalue weighted by Crippen LogP contribution is 2.33. The van der Waals surface area contributed by atoms with Gasteiger partial charge in [-0.05, 0) is 37.1 Å². The van der Waals surface area contributed by atoms with Crippen LogP contribution in [0.1, 0.15) is 12.8 Å². The molecule has 0 bridgehead atoms. The fraction of sp³-hybridized carbons (Fsp3) is 0.231. The molecule has 0 aliphatic heterocycles. The fourth-order valence-corrected chi connectivity index (χ4v) is 2.32. The number of rotatable bonds is 3. The molecule has 4 nitrogen and oxygen atoms in total. The van der Waals surface area contributed by atoms with Crippen LogP contribution in [0.15, 0.2) is 35.8 Å². The second kappa shape index (κ2) is 4.19. The van der Waals surface area contributed by atoms with E-state index in [1.807, 2.05) is 29.6 Å². The van der Waals surface area contributed by atoms with Crippen molar-refractivity contribution in [3.8, 4) is 10.6 Å². The lowest BCUT2D eigenvalue weighted by atomic mass is 10.2. The number of aromatic nitrogens is 1. The standard InChI is InChI=1S/C13H13N3OS/c14-13(5-6-13)12(17)16-10-3-1-9(2-4-10)11-15-7-8-18-11/h1-4,7-8H,5-6,14H2,(H,16,17). The van der Waals surface area contributed by atoms with Crippen LogP contribution in [0.4, 0.5) is 5.69 Å². The van der Waals surface area contributed by atoms with Gasteiger partial charge in [0.15, 0.2) is 0 Å². The van der Waals surface area contributed by atoms with Crippen molar-refractivity contribution < 1.29 is 4.79 Å². The van der Waals surface area contributed by atoms with Crippen LogP contribution in [-0.2, 0) is 4.79 Å². The molecule has 18 heavy (non-hydrogen) atoms. The first-order valence-corrected chi connectivity index (χ1v) is 6.66. The topological polar surface area (TPSA) is 68.0 Å². The maximum Gasteiger partial charge on any atom is 0.244 e. The second-order valence-electron chi connectivity index (χ2n) is 4.52. The first-order chi connectivity index (χ1) is 8.67. The van der Waals surface area contributed by atoms with Crippen molar-refractivity contribution >= 4 is 22.9 Å². The molecule has 1 saturated carbocycles. The normalized spacial score (nSPS) is 16.3. The largest absolute Gasteiger partial charge is 0.324 e. The molecule has 1 amide bonds. The van der Waals surface area contributed by atoms with Crippen molar-refractivity contribution in [1.29, 1.82) is 0 Å². The molecule has 1 aromatic carbocycles. The minimum Gasteiger partial charge on any atom is -0.324 e. The van der Waals surface area contributed by atoms with E-state index in [1.54, 1.807) is 17.5 Å². The van der Waals surface area contributed by atoms with E-state index in [1.165, 1.54) is 0 Å². The van der Waals surface area contributed by atoms with Crippen LogP contribution in [-0.4, -0.2) is 16.4 Å². The Morgan fingerprint density at radius 3 is 2.61 bits per heavy atom. The first-order valence-electron chi connectivity index (χ1n) is 5.78. The van der Waals surface area contributed by atoms with Gasteiger partial charge in [0, 0.05) is 22.8 Å². The fourth-order valence-electron chi connectivity index (χ4n) is 1.68. The van der Waals surface area contributed by atoms with Crippen LogP contribution in [0.25, 0.3) is 10.6 Å². The highest BCUT2D eigenvalue weighted by atomic mass is 32.1. The first kappa shape index (κ1) is 11.4. The zero-order valence-electron chi connectivity index (χ0n) is 9.72. The number of amides is 1. The Labute approximate surface area is 109 Å². The molecule has 92 valence electrons. The van der Waals surface area contributed by atoms with Gasteiger partial charge in [-0.3, -0.25) is 4.79 Å². The van der Waals surface area contributed by atoms with Crippen LogP contribution < -0.4 is 11.1 Å². The number of thiazole rings is 1. The molecule has 1 aliphatic rings. The summed E-state index contributed by atoms with van der Waals surface area (Å²) in [6, 6.07) is 7.65. The minimum absolute atomic E-state index is 0.0931. The van der Waals surface area contributed by atoms with Gasteiger partial charge in [0.2, 0.25) is 5.91 Å². The van der Waals surface area contributed by atoms with Gasteiger partial charge in [-0.1, -0.05) is 0 Å². The van der Waals surface area contributed by atoms with Gasteiger partial charge < -0.3 is 11.1 Å². The van der Waals surface area contributed by atoms with Crippen molar-refractivity contribution in [1.82, 2.24) is 4.98 Å². The molecule has 0 radical (unpaired) electrons. The molecule has 0 spiro atoms. The third-order valence-corrected chi connectivity index (χ3v) is 3.89. The van der Waals surface area contributed by atoms with Gasteiger partial charge in [0.1, 0.15) is 5.01 Å². The van der Waals surface area contributed by atoms with E-state index in [4.69, 9.17) is 5.73 Å². The van der Waals surface area contributed by atoms with Crippen molar-refractivity contribution in [2.75, 3.05) is 5.32 Å². The van der Waals surface area contributed by atoms with Gasteiger partial charge in [-0.25, -0.2) is 4.98 Å². The Balaban J connectivity index is 1.73. The summed E-state index contributed by atoms with van der Waals surface area (Å²) in [4.78, 5) is 16.0. The third kappa shape index (κ3) is 2.14. The number of carbonyl (C=O) groups excluding carboxylic acids is 1. The number of hydrogen-bond acceptors (Lipinski definition) is 4. The predicted molar refractivity (Wildman–Crippen MR) is 72.3 cm³/mol. The SMILES string of the molecule is NC1(C(=O)Nc2ccc(-c3nccs3)cc2)CC1. The van der Waals surface area contributed by atoms with Gasteiger partial charge in [0.05, 0.1) is 5.54 Å². The summed E-state index contributed by atoms with van der Waals surface area (Å²) >= 11 is 1.59. The van der Waals surface area contributed by atoms with Crippen LogP contribution in [0.2, 0.25) is 0 Å². The lowest BCUT2D eigenvalue weighted by Gasteiger charge is -2.10. The van der Waals surface area contributed by atoms with Crippen LogP contribution in [0.3, 0.4) is 0 Å². The Kier molecular flexibility index (Phi) is 2.65. The smallest absolute Gasteiger partial charge is 0.244 e. The molecule has 3 rings (SSSR count). The van der Waals surface area contributed by atoms with Gasteiger partial charge >= 0.3 is 0 Å². The van der Waals surface area contributed by atoms with E-state index in [-0.39, 0.29) is 5.91 Å². The number of hydrogen-bond donors (Lipinski definition) is 2. The minimum atomic E-state index is -0.631. The summed E-state index contributed by atoms with van der Waals surface area (Å²) in [7, 11) is 0. The van der Waals surface area contributed by atoms with Crippen molar-refractivity contribution in [3.05, 3.63) is 35.8 Å². The zero-order chi connectivity index (χ0) is 12.6. The molecule has 0 atom stereocenters. The molecule has 5 heteroatoms. The molecule has 1 fully saturated rings. The summed E-state index contributed by atoms with van der Waals surface area (Å²) in [5.74, 6) is -0.0931. The van der Waals surface area contributed by atoms with Crippen LogP contribution in [0, 0.1) is 0 Å². The third-order valence-electron chi connectivity index (χ3n) is 3.06. The van der Waals surface area contributed by atoms with Crippen molar-refractivity contribution in [3.63, 3.8) is 0 Å². The summed E-state index contributed by atoms with van der Waals surface area (Å²) in [5, 5.41) is 5.75. The van der Waals surface area contributed by atoms with Crippen LogP contribution in [0.5, 0.6) is 0 Å². The van der Waals surface area contributed by atoms with Gasteiger partial charge in [-0.2, -0.15) is 0 Å². The lowest BCUT2D eigenvalue weighted by Crippen LogP contribution is -2.37. The number of carbonyl (C=O) groups is 1. The van der Waals surface area contributed by atoms with E-state index in [9.17, 15) is 4.79 Å². The Bertz CT molecular complexity index is 558. The number of anilines is 1. The summed E-state index contributed by atoms with van der Waals surface area (Å²) in [6.07, 6.45) is 3.33. The maximum absolute atomic E-state index is 11.8. The molecule has 3 N–H and O–H groups in total. The molecular weight excluding hydrogens is 246 g/mol. The average molecular weight is 259 g/mol. The summed E-state index contributed by atoms with van der Waals surface area (Å²) < 4.78 is 0. The van der Waals surface area contributed by atoms with E-state index in [2.05, 4.69) is 10.3 Å². The van der Waals surface area contributed by atoms with E-state index in [0.717, 1.165) is 29.1 Å². The second-order valence-corrected chi connectivity index (χ2v) is 5.42. The Morgan fingerprint density at radius 1 is 1.33 bits per heavy atom. The Morgan fingerprint density at radius 2 is 2.06 bits per heavy atom. The van der Waals surface area contributed by atoms with E-state index < -0.39 is 5.54 Å². The monoisotopic (exact) mass is 259 g/mol. The number of nitrogens with one attached hydrogen (secondary N) is 1.